The second-order valence-corrected chi connectivity index (χ2v) is 8.69. The quantitative estimate of drug-likeness (QED) is 0.153. The van der Waals surface area contributed by atoms with E-state index in [1.165, 1.54) is 38.5 Å². The number of para-hydroxylation sites is 1. The molecule has 190 valence electrons. The van der Waals surface area contributed by atoms with Crippen molar-refractivity contribution in [2.45, 2.75) is 104 Å². The standard InChI is InChI=1S/C27H47NO5/c1-4-7-10-15-20-31-27(32-21-16-11-8-5-2,33-22-17-12-9-6-3)23-28-25-19-14-13-18-24(25)26(29)30/h13-14,18-19,28H,4-12,15-17,20-23H2,1-3H3,(H,29,30). The molecule has 1 aromatic rings. The Morgan fingerprint density at radius 1 is 0.758 bits per heavy atom. The highest BCUT2D eigenvalue weighted by Gasteiger charge is 2.36. The lowest BCUT2D eigenvalue weighted by Crippen LogP contribution is -2.84. The molecule has 1 rings (SSSR count). The lowest BCUT2D eigenvalue weighted by Gasteiger charge is -2.32. The summed E-state index contributed by atoms with van der Waals surface area (Å²) in [6, 6.07) is 6.86. The molecule has 0 spiro atoms. The van der Waals surface area contributed by atoms with Crippen molar-refractivity contribution in [3.05, 3.63) is 29.8 Å². The van der Waals surface area contributed by atoms with E-state index in [1.54, 1.807) is 18.2 Å². The van der Waals surface area contributed by atoms with Crippen LogP contribution in [0.3, 0.4) is 0 Å². The van der Waals surface area contributed by atoms with E-state index in [9.17, 15) is 9.90 Å². The largest absolute Gasteiger partial charge is 0.545 e. The van der Waals surface area contributed by atoms with E-state index in [-0.39, 0.29) is 5.56 Å². The second-order valence-electron chi connectivity index (χ2n) is 8.69. The molecule has 0 aromatic heterocycles. The Morgan fingerprint density at radius 3 is 1.64 bits per heavy atom. The number of aromatic carboxylic acids is 1. The van der Waals surface area contributed by atoms with Crippen LogP contribution in [0.25, 0.3) is 0 Å². The fourth-order valence-corrected chi connectivity index (χ4v) is 3.67. The SMILES string of the molecule is CCCCCCOC(C[NH2+]c1ccccc1C(=O)[O-])(OCCCCCC)OCCCCCC. The van der Waals surface area contributed by atoms with E-state index in [0.717, 1.165) is 38.5 Å². The van der Waals surface area contributed by atoms with Crippen molar-refractivity contribution in [1.82, 2.24) is 0 Å². The van der Waals surface area contributed by atoms with E-state index in [4.69, 9.17) is 14.2 Å². The average Bonchev–Trinajstić information content (AvgIpc) is 2.82. The van der Waals surface area contributed by atoms with Gasteiger partial charge in [-0.1, -0.05) is 90.7 Å². The van der Waals surface area contributed by atoms with Gasteiger partial charge in [0, 0.05) is 0 Å². The number of ether oxygens (including phenoxy) is 3. The van der Waals surface area contributed by atoms with Gasteiger partial charge in [-0.15, -0.1) is 0 Å². The Kier molecular flexibility index (Phi) is 16.9. The van der Waals surface area contributed by atoms with Crippen LogP contribution in [-0.2, 0) is 14.2 Å². The van der Waals surface area contributed by atoms with Crippen LogP contribution < -0.4 is 10.4 Å². The summed E-state index contributed by atoms with van der Waals surface area (Å²) in [7, 11) is 0. The average molecular weight is 466 g/mol. The number of quaternary nitrogens is 1. The summed E-state index contributed by atoms with van der Waals surface area (Å²) in [4.78, 5) is 11.5. The topological polar surface area (TPSA) is 84.4 Å². The number of hydrogen-bond acceptors (Lipinski definition) is 5. The number of unbranched alkanes of at least 4 members (excludes halogenated alkanes) is 9. The molecule has 0 bridgehead atoms. The fraction of sp³-hybridized carbons (Fsp3) is 0.741. The van der Waals surface area contributed by atoms with Crippen LogP contribution in [0.5, 0.6) is 0 Å². The van der Waals surface area contributed by atoms with Crippen LogP contribution in [0.1, 0.15) is 108 Å². The maximum Gasteiger partial charge on any atom is 0.335 e. The molecular weight excluding hydrogens is 418 g/mol. The van der Waals surface area contributed by atoms with Gasteiger partial charge >= 0.3 is 5.97 Å². The summed E-state index contributed by atoms with van der Waals surface area (Å²) in [5, 5.41) is 13.4. The Morgan fingerprint density at radius 2 is 1.21 bits per heavy atom. The minimum absolute atomic E-state index is 0.167. The Bertz CT molecular complexity index is 586. The second kappa shape index (κ2) is 18.9. The van der Waals surface area contributed by atoms with Crippen LogP contribution in [-0.4, -0.2) is 38.3 Å². The molecule has 1 aromatic carbocycles. The molecule has 0 radical (unpaired) electrons. The maximum atomic E-state index is 11.5. The van der Waals surface area contributed by atoms with Gasteiger partial charge in [0.1, 0.15) is 5.69 Å². The van der Waals surface area contributed by atoms with E-state index < -0.39 is 11.9 Å². The molecule has 6 heteroatoms. The summed E-state index contributed by atoms with van der Waals surface area (Å²) in [6.07, 6.45) is 13.2. The number of carbonyl (C=O) groups is 1. The zero-order chi connectivity index (χ0) is 24.2. The molecule has 0 unspecified atom stereocenters. The zero-order valence-electron chi connectivity index (χ0n) is 21.2. The molecule has 33 heavy (non-hydrogen) atoms. The molecular formula is C27H47NO5. The highest BCUT2D eigenvalue weighted by Crippen LogP contribution is 2.19. The van der Waals surface area contributed by atoms with Crippen molar-refractivity contribution in [3.63, 3.8) is 0 Å². The van der Waals surface area contributed by atoms with E-state index in [2.05, 4.69) is 20.8 Å². The van der Waals surface area contributed by atoms with Crippen molar-refractivity contribution in [1.29, 1.82) is 0 Å². The van der Waals surface area contributed by atoms with Gasteiger partial charge in [0.05, 0.1) is 31.4 Å². The van der Waals surface area contributed by atoms with Crippen molar-refractivity contribution < 1.29 is 29.4 Å². The van der Waals surface area contributed by atoms with Gasteiger partial charge in [0.2, 0.25) is 0 Å². The van der Waals surface area contributed by atoms with Crippen LogP contribution in [0.2, 0.25) is 0 Å². The molecule has 0 aliphatic rings. The van der Waals surface area contributed by atoms with Crippen molar-refractivity contribution >= 4 is 11.7 Å². The summed E-state index contributed by atoms with van der Waals surface area (Å²) >= 11 is 0. The predicted molar refractivity (Wildman–Crippen MR) is 130 cm³/mol. The number of hydrogen-bond donors (Lipinski definition) is 1. The van der Waals surface area contributed by atoms with Gasteiger partial charge in [-0.25, -0.2) is 0 Å². The third-order valence-corrected chi connectivity index (χ3v) is 5.71. The third kappa shape index (κ3) is 13.1. The molecule has 0 heterocycles. The molecule has 0 fully saturated rings. The Balaban J connectivity index is 2.90. The molecule has 2 N–H and O–H groups in total. The van der Waals surface area contributed by atoms with Crippen molar-refractivity contribution in [2.24, 2.45) is 0 Å². The third-order valence-electron chi connectivity index (χ3n) is 5.71. The number of carbonyl (C=O) groups excluding carboxylic acids is 1. The van der Waals surface area contributed by atoms with E-state index in [1.807, 2.05) is 11.4 Å². The van der Waals surface area contributed by atoms with Gasteiger partial charge in [-0.3, -0.25) is 0 Å². The smallest absolute Gasteiger partial charge is 0.335 e. The van der Waals surface area contributed by atoms with Crippen molar-refractivity contribution in [2.75, 3.05) is 26.4 Å². The lowest BCUT2D eigenvalue weighted by atomic mass is 10.2. The molecule has 0 saturated carbocycles. The van der Waals surface area contributed by atoms with Crippen LogP contribution in [0.15, 0.2) is 24.3 Å². The molecule has 0 atom stereocenters. The highest BCUT2D eigenvalue weighted by atomic mass is 16.9. The first-order chi connectivity index (χ1) is 16.1. The summed E-state index contributed by atoms with van der Waals surface area (Å²) in [5.41, 5.74) is 0.765. The number of carboxylic acid groups (broad SMARTS) is 1. The van der Waals surface area contributed by atoms with Gasteiger partial charge < -0.3 is 29.4 Å². The van der Waals surface area contributed by atoms with Gasteiger partial charge in [-0.2, -0.15) is 0 Å². The van der Waals surface area contributed by atoms with Crippen LogP contribution in [0.4, 0.5) is 5.69 Å². The van der Waals surface area contributed by atoms with Crippen LogP contribution in [0, 0.1) is 0 Å². The fourth-order valence-electron chi connectivity index (χ4n) is 3.67. The summed E-state index contributed by atoms with van der Waals surface area (Å²) in [5.74, 6) is -2.38. The first kappa shape index (κ1) is 29.6. The number of carboxylic acids is 1. The first-order valence-corrected chi connectivity index (χ1v) is 13.1. The molecule has 6 nitrogen and oxygen atoms in total. The Labute approximate surface area is 201 Å². The zero-order valence-corrected chi connectivity index (χ0v) is 21.2. The normalized spacial score (nSPS) is 11.7. The maximum absolute atomic E-state index is 11.5. The van der Waals surface area contributed by atoms with Gasteiger partial charge in [-0.05, 0) is 31.4 Å². The molecule has 0 aliphatic heterocycles. The Hall–Kier alpha value is -1.47. The first-order valence-electron chi connectivity index (χ1n) is 13.1. The van der Waals surface area contributed by atoms with Crippen LogP contribution >= 0.6 is 0 Å². The number of nitrogens with two attached hydrogens (primary N) is 1. The highest BCUT2D eigenvalue weighted by molar-refractivity contribution is 5.90. The number of benzene rings is 1. The van der Waals surface area contributed by atoms with E-state index >= 15 is 0 Å². The minimum atomic E-state index is -1.19. The predicted octanol–water partition coefficient (Wildman–Crippen LogP) is 4.69. The molecule has 0 saturated heterocycles. The monoisotopic (exact) mass is 465 g/mol. The van der Waals surface area contributed by atoms with Gasteiger partial charge in [0.15, 0.2) is 6.54 Å². The molecule has 0 aliphatic carbocycles. The molecule has 0 amide bonds. The van der Waals surface area contributed by atoms with E-state index in [0.29, 0.717) is 32.1 Å². The minimum Gasteiger partial charge on any atom is -0.545 e. The number of rotatable bonds is 22. The summed E-state index contributed by atoms with van der Waals surface area (Å²) in [6.45, 7) is 8.56. The van der Waals surface area contributed by atoms with Gasteiger partial charge in [0.25, 0.3) is 0 Å². The summed E-state index contributed by atoms with van der Waals surface area (Å²) < 4.78 is 18.8. The lowest BCUT2D eigenvalue weighted by molar-refractivity contribution is -0.625. The van der Waals surface area contributed by atoms with Crippen molar-refractivity contribution in [3.8, 4) is 0 Å².